The number of aliphatic carboxylic acids is 1. The molecule has 1 aliphatic carbocycles. The van der Waals surface area contributed by atoms with Gasteiger partial charge in [0.1, 0.15) is 5.41 Å². The van der Waals surface area contributed by atoms with E-state index < -0.39 is 11.4 Å². The quantitative estimate of drug-likeness (QED) is 0.667. The second kappa shape index (κ2) is 3.26. The van der Waals surface area contributed by atoms with E-state index in [1.807, 2.05) is 20.8 Å². The summed E-state index contributed by atoms with van der Waals surface area (Å²) >= 11 is 0. The highest BCUT2D eigenvalue weighted by Gasteiger charge is 2.57. The number of carbonyl (C=O) groups excluding carboxylic acids is 1. The third-order valence-electron chi connectivity index (χ3n) is 2.93. The largest absolute Gasteiger partial charge is 0.480 e. The van der Waals surface area contributed by atoms with Gasteiger partial charge in [0.05, 0.1) is 0 Å². The average Bonchev–Trinajstić information content (AvgIpc) is 2.83. The number of amides is 1. The highest BCUT2D eigenvalue weighted by Crippen LogP contribution is 2.46. The Morgan fingerprint density at radius 3 is 2.21 bits per heavy atom. The molecule has 0 heterocycles. The maximum Gasteiger partial charge on any atom is 0.319 e. The summed E-state index contributed by atoms with van der Waals surface area (Å²) in [5.41, 5.74) is -1.44. The fourth-order valence-electron chi connectivity index (χ4n) is 1.18. The standard InChI is InChI=1S/C10H17NO3/c1-4-9(2,3)11-7(12)10(5-6-10)8(13)14/h4-6H2,1-3H3,(H,11,12)(H,13,14). The van der Waals surface area contributed by atoms with Gasteiger partial charge >= 0.3 is 5.97 Å². The molecule has 1 fully saturated rings. The topological polar surface area (TPSA) is 66.4 Å². The minimum absolute atomic E-state index is 0.317. The third-order valence-corrected chi connectivity index (χ3v) is 2.93. The van der Waals surface area contributed by atoms with E-state index in [1.165, 1.54) is 0 Å². The molecule has 0 atom stereocenters. The predicted molar refractivity (Wildman–Crippen MR) is 51.8 cm³/mol. The number of nitrogens with one attached hydrogen (secondary N) is 1. The van der Waals surface area contributed by atoms with Gasteiger partial charge in [-0.15, -0.1) is 0 Å². The molecule has 2 N–H and O–H groups in total. The van der Waals surface area contributed by atoms with Crippen LogP contribution in [0.1, 0.15) is 40.0 Å². The lowest BCUT2D eigenvalue weighted by molar-refractivity contribution is -0.149. The molecule has 0 unspecified atom stereocenters. The Morgan fingerprint density at radius 1 is 1.43 bits per heavy atom. The summed E-state index contributed by atoms with van der Waals surface area (Å²) in [6, 6.07) is 0. The van der Waals surface area contributed by atoms with Crippen molar-refractivity contribution in [2.45, 2.75) is 45.6 Å². The Bertz CT molecular complexity index is 267. The van der Waals surface area contributed by atoms with Crippen LogP contribution in [0, 0.1) is 5.41 Å². The molecule has 0 spiro atoms. The van der Waals surface area contributed by atoms with Crippen molar-refractivity contribution < 1.29 is 14.7 Å². The molecular weight excluding hydrogens is 182 g/mol. The zero-order chi connectivity index (χ0) is 11.0. The van der Waals surface area contributed by atoms with E-state index in [9.17, 15) is 9.59 Å². The van der Waals surface area contributed by atoms with Crippen LogP contribution < -0.4 is 5.32 Å². The van der Waals surface area contributed by atoms with Crippen molar-refractivity contribution in [1.29, 1.82) is 0 Å². The second-order valence-electron chi connectivity index (χ2n) is 4.58. The first-order valence-corrected chi connectivity index (χ1v) is 4.90. The molecule has 4 nitrogen and oxygen atoms in total. The van der Waals surface area contributed by atoms with E-state index in [0.717, 1.165) is 6.42 Å². The molecule has 0 aromatic heterocycles. The van der Waals surface area contributed by atoms with Gasteiger partial charge in [-0.2, -0.15) is 0 Å². The zero-order valence-corrected chi connectivity index (χ0v) is 8.89. The van der Waals surface area contributed by atoms with Crippen LogP contribution in [0.3, 0.4) is 0 Å². The molecule has 0 radical (unpaired) electrons. The van der Waals surface area contributed by atoms with Crippen molar-refractivity contribution in [2.24, 2.45) is 5.41 Å². The Balaban J connectivity index is 2.64. The van der Waals surface area contributed by atoms with Gasteiger partial charge in [-0.05, 0) is 33.1 Å². The van der Waals surface area contributed by atoms with Crippen LogP contribution in [0.5, 0.6) is 0 Å². The lowest BCUT2D eigenvalue weighted by atomic mass is 9.99. The molecule has 0 bridgehead atoms. The highest BCUT2D eigenvalue weighted by atomic mass is 16.4. The molecule has 1 amide bonds. The van der Waals surface area contributed by atoms with Crippen molar-refractivity contribution in [2.75, 3.05) is 0 Å². The van der Waals surface area contributed by atoms with Crippen LogP contribution in [-0.4, -0.2) is 22.5 Å². The minimum Gasteiger partial charge on any atom is -0.480 e. The number of carbonyl (C=O) groups is 2. The summed E-state index contributed by atoms with van der Waals surface area (Å²) in [5.74, 6) is -1.33. The molecule has 0 aromatic carbocycles. The van der Waals surface area contributed by atoms with Crippen LogP contribution in [0.2, 0.25) is 0 Å². The molecule has 0 aromatic rings. The summed E-state index contributed by atoms with van der Waals surface area (Å²) in [7, 11) is 0. The van der Waals surface area contributed by atoms with E-state index >= 15 is 0 Å². The average molecular weight is 199 g/mol. The SMILES string of the molecule is CCC(C)(C)NC(=O)C1(C(=O)O)CC1. The highest BCUT2D eigenvalue weighted by molar-refractivity contribution is 6.05. The van der Waals surface area contributed by atoms with E-state index in [2.05, 4.69) is 5.32 Å². The van der Waals surface area contributed by atoms with E-state index in [4.69, 9.17) is 5.11 Å². The van der Waals surface area contributed by atoms with Gasteiger partial charge in [-0.1, -0.05) is 6.92 Å². The van der Waals surface area contributed by atoms with Gasteiger partial charge in [-0.25, -0.2) is 0 Å². The van der Waals surface area contributed by atoms with Crippen molar-refractivity contribution in [1.82, 2.24) is 5.32 Å². The van der Waals surface area contributed by atoms with E-state index in [-0.39, 0.29) is 11.4 Å². The summed E-state index contributed by atoms with van der Waals surface area (Å²) in [5, 5.41) is 11.7. The van der Waals surface area contributed by atoms with Gasteiger partial charge in [0.15, 0.2) is 0 Å². The lowest BCUT2D eigenvalue weighted by Crippen LogP contribution is -2.48. The Kier molecular flexibility index (Phi) is 2.56. The van der Waals surface area contributed by atoms with Gasteiger partial charge in [0.2, 0.25) is 5.91 Å². The normalized spacial score (nSPS) is 18.8. The summed E-state index contributed by atoms with van der Waals surface area (Å²) < 4.78 is 0. The van der Waals surface area contributed by atoms with Gasteiger partial charge < -0.3 is 10.4 Å². The number of carboxylic acids is 1. The van der Waals surface area contributed by atoms with Crippen LogP contribution in [0.15, 0.2) is 0 Å². The van der Waals surface area contributed by atoms with Crippen molar-refractivity contribution >= 4 is 11.9 Å². The Labute approximate surface area is 83.7 Å². The molecule has 0 aliphatic heterocycles. The van der Waals surface area contributed by atoms with Gasteiger partial charge in [0, 0.05) is 5.54 Å². The second-order valence-corrected chi connectivity index (χ2v) is 4.58. The number of hydrogen-bond acceptors (Lipinski definition) is 2. The van der Waals surface area contributed by atoms with Crippen molar-refractivity contribution in [3.63, 3.8) is 0 Å². The van der Waals surface area contributed by atoms with Crippen LogP contribution in [0.4, 0.5) is 0 Å². The molecular formula is C10H17NO3. The van der Waals surface area contributed by atoms with E-state index in [1.54, 1.807) is 0 Å². The Morgan fingerprint density at radius 2 is 1.93 bits per heavy atom. The molecule has 14 heavy (non-hydrogen) atoms. The lowest BCUT2D eigenvalue weighted by Gasteiger charge is -2.26. The smallest absolute Gasteiger partial charge is 0.319 e. The number of carboxylic acid groups (broad SMARTS) is 1. The van der Waals surface area contributed by atoms with E-state index in [0.29, 0.717) is 12.8 Å². The Hall–Kier alpha value is -1.06. The summed E-state index contributed by atoms with van der Waals surface area (Å²) in [6.45, 7) is 5.74. The van der Waals surface area contributed by atoms with Crippen LogP contribution >= 0.6 is 0 Å². The third kappa shape index (κ3) is 1.89. The molecule has 1 aliphatic rings. The minimum atomic E-state index is -1.12. The fourth-order valence-corrected chi connectivity index (χ4v) is 1.18. The van der Waals surface area contributed by atoms with Gasteiger partial charge in [0.25, 0.3) is 0 Å². The first-order chi connectivity index (χ1) is 6.34. The van der Waals surface area contributed by atoms with Crippen LogP contribution in [0.25, 0.3) is 0 Å². The first kappa shape index (κ1) is 11.0. The molecule has 80 valence electrons. The monoisotopic (exact) mass is 199 g/mol. The predicted octanol–water partition coefficient (Wildman–Crippen LogP) is 1.16. The van der Waals surface area contributed by atoms with Crippen LogP contribution in [-0.2, 0) is 9.59 Å². The molecule has 1 saturated carbocycles. The fraction of sp³-hybridized carbons (Fsp3) is 0.800. The summed E-state index contributed by atoms with van der Waals surface area (Å²) in [6.07, 6.45) is 1.72. The molecule has 0 saturated heterocycles. The first-order valence-electron chi connectivity index (χ1n) is 4.90. The number of rotatable bonds is 4. The van der Waals surface area contributed by atoms with Crippen molar-refractivity contribution in [3.05, 3.63) is 0 Å². The zero-order valence-electron chi connectivity index (χ0n) is 8.89. The maximum atomic E-state index is 11.7. The number of hydrogen-bond donors (Lipinski definition) is 2. The van der Waals surface area contributed by atoms with Crippen molar-refractivity contribution in [3.8, 4) is 0 Å². The maximum absolute atomic E-state index is 11.7. The van der Waals surface area contributed by atoms with Gasteiger partial charge in [-0.3, -0.25) is 9.59 Å². The molecule has 1 rings (SSSR count). The summed E-state index contributed by atoms with van der Waals surface area (Å²) in [4.78, 5) is 22.5. The molecule has 4 heteroatoms.